The van der Waals surface area contributed by atoms with Crippen molar-refractivity contribution in [2.75, 3.05) is 29.9 Å². The molecule has 2 aliphatic rings. The summed E-state index contributed by atoms with van der Waals surface area (Å²) in [6.45, 7) is 3.01. The lowest BCUT2D eigenvalue weighted by molar-refractivity contribution is 0.160. The maximum absolute atomic E-state index is 14.2. The summed E-state index contributed by atoms with van der Waals surface area (Å²) in [5.41, 5.74) is 2.64. The molecule has 3 aromatic rings. The number of halogens is 3. The number of hydrogen-bond acceptors (Lipinski definition) is 2. The van der Waals surface area contributed by atoms with E-state index in [2.05, 4.69) is 38.3 Å². The van der Waals surface area contributed by atoms with Gasteiger partial charge in [0.2, 0.25) is 0 Å². The average molecular weight is 512 g/mol. The first-order valence-corrected chi connectivity index (χ1v) is 11.8. The maximum Gasteiger partial charge on any atom is 0.326 e. The number of anilines is 2. The predicted octanol–water partition coefficient (Wildman–Crippen LogP) is 6.31. The first kappa shape index (κ1) is 22.0. The molecule has 0 radical (unpaired) electrons. The fourth-order valence-electron chi connectivity index (χ4n) is 5.03. The Bertz CT molecular complexity index is 1190. The molecular formula is C26H24BrF2N3O. The molecule has 7 heteroatoms. The van der Waals surface area contributed by atoms with Gasteiger partial charge in [-0.1, -0.05) is 40.2 Å². The van der Waals surface area contributed by atoms with Crippen LogP contribution in [-0.4, -0.2) is 30.6 Å². The molecule has 170 valence electrons. The third-order valence-electron chi connectivity index (χ3n) is 6.75. The molecule has 2 heterocycles. The summed E-state index contributed by atoms with van der Waals surface area (Å²) in [5, 5.41) is 2.68. The molecule has 0 saturated carbocycles. The zero-order valence-corrected chi connectivity index (χ0v) is 19.6. The van der Waals surface area contributed by atoms with Crippen molar-refractivity contribution in [2.24, 2.45) is 0 Å². The third kappa shape index (κ3) is 4.39. The number of para-hydroxylation sites is 1. The number of piperidine rings is 1. The molecule has 3 aromatic carbocycles. The van der Waals surface area contributed by atoms with Crippen molar-refractivity contribution in [1.29, 1.82) is 0 Å². The van der Waals surface area contributed by atoms with Gasteiger partial charge in [0.15, 0.2) is 0 Å². The summed E-state index contributed by atoms with van der Waals surface area (Å²) in [7, 11) is 0. The summed E-state index contributed by atoms with van der Waals surface area (Å²) in [6, 6.07) is 18.6. The Balaban J connectivity index is 1.35. The zero-order valence-electron chi connectivity index (χ0n) is 18.0. The van der Waals surface area contributed by atoms with Gasteiger partial charge in [0.1, 0.15) is 11.6 Å². The third-order valence-corrected chi connectivity index (χ3v) is 7.24. The zero-order chi connectivity index (χ0) is 23.0. The summed E-state index contributed by atoms with van der Waals surface area (Å²) in [6.07, 6.45) is 1.64. The molecule has 0 bridgehead atoms. The van der Waals surface area contributed by atoms with Gasteiger partial charge < -0.3 is 5.32 Å². The summed E-state index contributed by atoms with van der Waals surface area (Å²) in [4.78, 5) is 17.1. The van der Waals surface area contributed by atoms with Crippen LogP contribution in [0.1, 0.15) is 24.0 Å². The number of fused-ring (bicyclic) bond motifs is 2. The van der Waals surface area contributed by atoms with Crippen LogP contribution in [0, 0.1) is 11.6 Å². The molecule has 1 spiro atoms. The smallest absolute Gasteiger partial charge is 0.305 e. The summed E-state index contributed by atoms with van der Waals surface area (Å²) < 4.78 is 29.4. The number of hydrogen-bond donors (Lipinski definition) is 1. The molecule has 0 atom stereocenters. The van der Waals surface area contributed by atoms with E-state index in [1.807, 2.05) is 12.1 Å². The molecule has 1 fully saturated rings. The van der Waals surface area contributed by atoms with E-state index in [0.717, 1.165) is 42.5 Å². The van der Waals surface area contributed by atoms with Crippen LogP contribution >= 0.6 is 15.9 Å². The summed E-state index contributed by atoms with van der Waals surface area (Å²) >= 11 is 3.53. The Hall–Kier alpha value is -2.77. The van der Waals surface area contributed by atoms with Gasteiger partial charge in [-0.2, -0.15) is 0 Å². The van der Waals surface area contributed by atoms with Gasteiger partial charge in [-0.15, -0.1) is 0 Å². The van der Waals surface area contributed by atoms with Crippen LogP contribution in [0.25, 0.3) is 0 Å². The van der Waals surface area contributed by atoms with E-state index < -0.39 is 11.8 Å². The first-order chi connectivity index (χ1) is 15.9. The maximum atomic E-state index is 14.2. The van der Waals surface area contributed by atoms with Gasteiger partial charge in [-0.25, -0.2) is 13.6 Å². The topological polar surface area (TPSA) is 35.6 Å². The van der Waals surface area contributed by atoms with Crippen molar-refractivity contribution < 1.29 is 13.6 Å². The van der Waals surface area contributed by atoms with E-state index in [0.29, 0.717) is 12.2 Å². The Morgan fingerprint density at radius 3 is 2.55 bits per heavy atom. The second-order valence-electron chi connectivity index (χ2n) is 8.84. The lowest BCUT2D eigenvalue weighted by Crippen LogP contribution is -2.46. The second-order valence-corrected chi connectivity index (χ2v) is 9.76. The van der Waals surface area contributed by atoms with E-state index in [-0.39, 0.29) is 16.9 Å². The molecule has 1 N–H and O–H groups in total. The van der Waals surface area contributed by atoms with Crippen LogP contribution in [0.4, 0.5) is 25.0 Å². The van der Waals surface area contributed by atoms with E-state index in [1.54, 1.807) is 29.2 Å². The number of nitrogens with one attached hydrogen (secondary N) is 1. The molecule has 0 aromatic heterocycles. The minimum absolute atomic E-state index is 0.135. The Labute approximate surface area is 200 Å². The van der Waals surface area contributed by atoms with Crippen molar-refractivity contribution in [3.63, 3.8) is 0 Å². The molecule has 0 unspecified atom stereocenters. The Morgan fingerprint density at radius 2 is 1.79 bits per heavy atom. The monoisotopic (exact) mass is 511 g/mol. The van der Waals surface area contributed by atoms with Crippen molar-refractivity contribution in [1.82, 2.24) is 4.90 Å². The van der Waals surface area contributed by atoms with Crippen LogP contribution in [0.2, 0.25) is 0 Å². The van der Waals surface area contributed by atoms with E-state index >= 15 is 0 Å². The molecule has 0 aliphatic carbocycles. The molecule has 4 nitrogen and oxygen atoms in total. The lowest BCUT2D eigenvalue weighted by Gasteiger charge is -2.40. The van der Waals surface area contributed by atoms with Gasteiger partial charge in [0.25, 0.3) is 0 Å². The van der Waals surface area contributed by atoms with Crippen molar-refractivity contribution in [3.05, 3.63) is 94.0 Å². The van der Waals surface area contributed by atoms with Gasteiger partial charge in [-0.05, 0) is 79.5 Å². The molecule has 2 amide bonds. The quantitative estimate of drug-likeness (QED) is 0.446. The Morgan fingerprint density at radius 1 is 1.00 bits per heavy atom. The van der Waals surface area contributed by atoms with E-state index in [4.69, 9.17) is 0 Å². The highest BCUT2D eigenvalue weighted by Gasteiger charge is 2.46. The minimum Gasteiger partial charge on any atom is -0.305 e. The molecule has 5 rings (SSSR count). The standard InChI is InChI=1S/C26H24BrF2N3O/c27-19-5-3-4-18(14-19)16-31-12-10-26(11-13-31)17-32(24-9-8-20(28)15-21(24)26)25(33)30-23-7-2-1-6-22(23)29/h1-9,14-15H,10-13,16-17H2,(H,30,33). The number of carbonyl (C=O) groups excluding carboxylic acids is 1. The van der Waals surface area contributed by atoms with Crippen molar-refractivity contribution in [2.45, 2.75) is 24.8 Å². The van der Waals surface area contributed by atoms with E-state index in [1.165, 1.54) is 23.8 Å². The van der Waals surface area contributed by atoms with Gasteiger partial charge in [-0.3, -0.25) is 9.80 Å². The fraction of sp³-hybridized carbons (Fsp3) is 0.269. The number of rotatable bonds is 3. The van der Waals surface area contributed by atoms with Gasteiger partial charge >= 0.3 is 6.03 Å². The number of likely N-dealkylation sites (tertiary alicyclic amines) is 1. The highest BCUT2D eigenvalue weighted by Crippen LogP contribution is 2.47. The second kappa shape index (κ2) is 8.88. The van der Waals surface area contributed by atoms with Crippen LogP contribution < -0.4 is 10.2 Å². The number of benzene rings is 3. The van der Waals surface area contributed by atoms with Crippen LogP contribution in [0.15, 0.2) is 71.2 Å². The van der Waals surface area contributed by atoms with Crippen molar-refractivity contribution in [3.8, 4) is 0 Å². The van der Waals surface area contributed by atoms with Crippen LogP contribution in [0.5, 0.6) is 0 Å². The number of nitrogens with zero attached hydrogens (tertiary/aromatic N) is 2. The van der Waals surface area contributed by atoms with Crippen molar-refractivity contribution >= 4 is 33.3 Å². The highest BCUT2D eigenvalue weighted by atomic mass is 79.9. The minimum atomic E-state index is -0.486. The van der Waals surface area contributed by atoms with Crippen LogP contribution in [0.3, 0.4) is 0 Å². The highest BCUT2D eigenvalue weighted by molar-refractivity contribution is 9.10. The fourth-order valence-corrected chi connectivity index (χ4v) is 5.47. The number of urea groups is 1. The molecular weight excluding hydrogens is 488 g/mol. The first-order valence-electron chi connectivity index (χ1n) is 11.0. The number of carbonyl (C=O) groups is 1. The van der Waals surface area contributed by atoms with Gasteiger partial charge in [0.05, 0.1) is 5.69 Å². The molecule has 33 heavy (non-hydrogen) atoms. The number of amides is 2. The molecule has 1 saturated heterocycles. The van der Waals surface area contributed by atoms with E-state index in [9.17, 15) is 13.6 Å². The lowest BCUT2D eigenvalue weighted by atomic mass is 9.74. The molecule has 2 aliphatic heterocycles. The SMILES string of the molecule is O=C(Nc1ccccc1F)N1CC2(CCN(Cc3cccc(Br)c3)CC2)c2cc(F)ccc21. The predicted molar refractivity (Wildman–Crippen MR) is 129 cm³/mol. The normalized spacial score (nSPS) is 17.2. The Kier molecular flexibility index (Phi) is 5.93. The van der Waals surface area contributed by atoms with Crippen LogP contribution in [-0.2, 0) is 12.0 Å². The summed E-state index contributed by atoms with van der Waals surface area (Å²) in [5.74, 6) is -0.791. The largest absolute Gasteiger partial charge is 0.326 e. The van der Waals surface area contributed by atoms with Gasteiger partial charge in [0, 0.05) is 28.7 Å². The average Bonchev–Trinajstić information content (AvgIpc) is 3.10.